The van der Waals surface area contributed by atoms with Gasteiger partial charge in [0.25, 0.3) is 5.22 Å². The van der Waals surface area contributed by atoms with E-state index in [4.69, 9.17) is 16.0 Å². The molecule has 2 rings (SSSR count). The summed E-state index contributed by atoms with van der Waals surface area (Å²) >= 11 is 7.24. The third-order valence-electron chi connectivity index (χ3n) is 1.66. The number of hydrogen-bond acceptors (Lipinski definition) is 5. The molecule has 4 nitrogen and oxygen atoms in total. The highest BCUT2D eigenvalue weighted by molar-refractivity contribution is 7.98. The molecule has 78 valence electrons. The number of rotatable bonds is 3. The van der Waals surface area contributed by atoms with Gasteiger partial charge in [-0.1, -0.05) is 23.4 Å². The smallest absolute Gasteiger partial charge is 0.276 e. The third-order valence-corrected chi connectivity index (χ3v) is 2.76. The number of pyridine rings is 1. The van der Waals surface area contributed by atoms with Gasteiger partial charge in [-0.3, -0.25) is 0 Å². The summed E-state index contributed by atoms with van der Waals surface area (Å²) in [4.78, 5) is 3.90. The highest BCUT2D eigenvalue weighted by atomic mass is 35.5. The van der Waals surface area contributed by atoms with Gasteiger partial charge < -0.3 is 4.42 Å². The fourth-order valence-electron chi connectivity index (χ4n) is 1.01. The lowest BCUT2D eigenvalue weighted by Gasteiger charge is -1.97. The monoisotopic (exact) mass is 241 g/mol. The van der Waals surface area contributed by atoms with Crippen LogP contribution >= 0.6 is 23.4 Å². The lowest BCUT2D eigenvalue weighted by atomic mass is 10.3. The molecule has 0 unspecified atom stereocenters. The summed E-state index contributed by atoms with van der Waals surface area (Å²) < 4.78 is 5.23. The maximum atomic E-state index is 5.76. The predicted molar refractivity (Wildman–Crippen MR) is 57.8 cm³/mol. The van der Waals surface area contributed by atoms with E-state index < -0.39 is 0 Å². The van der Waals surface area contributed by atoms with Gasteiger partial charge in [0.1, 0.15) is 5.15 Å². The van der Waals surface area contributed by atoms with Crippen LogP contribution < -0.4 is 0 Å². The fourth-order valence-corrected chi connectivity index (χ4v) is 1.96. The zero-order valence-electron chi connectivity index (χ0n) is 7.98. The van der Waals surface area contributed by atoms with E-state index in [1.54, 1.807) is 13.1 Å². The lowest BCUT2D eigenvalue weighted by molar-refractivity contribution is 0.429. The van der Waals surface area contributed by atoms with E-state index in [1.165, 1.54) is 11.8 Å². The quantitative estimate of drug-likeness (QED) is 0.611. The maximum Gasteiger partial charge on any atom is 0.276 e. The molecule has 0 amide bonds. The Morgan fingerprint density at radius 1 is 1.47 bits per heavy atom. The van der Waals surface area contributed by atoms with Gasteiger partial charge in [-0.2, -0.15) is 0 Å². The van der Waals surface area contributed by atoms with Crippen LogP contribution in [0.5, 0.6) is 0 Å². The van der Waals surface area contributed by atoms with E-state index >= 15 is 0 Å². The Labute approximate surface area is 96.1 Å². The largest absolute Gasteiger partial charge is 0.416 e. The van der Waals surface area contributed by atoms with Gasteiger partial charge in [-0.15, -0.1) is 10.2 Å². The van der Waals surface area contributed by atoms with Crippen LogP contribution in [0.3, 0.4) is 0 Å². The first-order valence-electron chi connectivity index (χ1n) is 4.27. The van der Waals surface area contributed by atoms with Gasteiger partial charge in [0, 0.05) is 18.9 Å². The van der Waals surface area contributed by atoms with E-state index in [2.05, 4.69) is 15.2 Å². The molecule has 0 saturated heterocycles. The molecule has 0 saturated carbocycles. The maximum absolute atomic E-state index is 5.76. The van der Waals surface area contributed by atoms with Gasteiger partial charge >= 0.3 is 0 Å². The van der Waals surface area contributed by atoms with Crippen LogP contribution in [-0.2, 0) is 5.75 Å². The van der Waals surface area contributed by atoms with Crippen LogP contribution in [0.4, 0.5) is 0 Å². The fraction of sp³-hybridized carbons (Fsp3) is 0.222. The number of hydrogen-bond donors (Lipinski definition) is 0. The molecule has 0 radical (unpaired) electrons. The van der Waals surface area contributed by atoms with Crippen LogP contribution in [0.1, 0.15) is 11.5 Å². The standard InChI is InChI=1S/C9H8ClN3OS/c1-6-12-13-9(14-6)15-5-7-2-3-11-8(10)4-7/h2-4H,5H2,1H3. The summed E-state index contributed by atoms with van der Waals surface area (Å²) in [5, 5.41) is 8.69. The Morgan fingerprint density at radius 2 is 2.33 bits per heavy atom. The van der Waals surface area contributed by atoms with Crippen molar-refractivity contribution < 1.29 is 4.42 Å². The van der Waals surface area contributed by atoms with Crippen LogP contribution in [0, 0.1) is 6.92 Å². The SMILES string of the molecule is Cc1nnc(SCc2ccnc(Cl)c2)o1. The summed E-state index contributed by atoms with van der Waals surface area (Å²) in [5.74, 6) is 1.31. The second-order valence-electron chi connectivity index (χ2n) is 2.86. The Hall–Kier alpha value is -1.07. The average molecular weight is 242 g/mol. The van der Waals surface area contributed by atoms with E-state index in [9.17, 15) is 0 Å². The molecule has 0 atom stereocenters. The molecule has 0 spiro atoms. The first-order valence-corrected chi connectivity index (χ1v) is 5.64. The van der Waals surface area contributed by atoms with Crippen molar-refractivity contribution in [1.82, 2.24) is 15.2 Å². The van der Waals surface area contributed by atoms with Gasteiger partial charge in [0.15, 0.2) is 0 Å². The van der Waals surface area contributed by atoms with E-state index in [0.717, 1.165) is 11.3 Å². The van der Waals surface area contributed by atoms with Crippen molar-refractivity contribution in [1.29, 1.82) is 0 Å². The minimum absolute atomic E-state index is 0.495. The van der Waals surface area contributed by atoms with Crippen LogP contribution in [0.25, 0.3) is 0 Å². The molecule has 0 aliphatic carbocycles. The molecule has 0 fully saturated rings. The Kier molecular flexibility index (Phi) is 3.23. The van der Waals surface area contributed by atoms with Crippen molar-refractivity contribution >= 4 is 23.4 Å². The molecule has 6 heteroatoms. The predicted octanol–water partition coefficient (Wildman–Crippen LogP) is 2.72. The van der Waals surface area contributed by atoms with Crippen molar-refractivity contribution in [2.24, 2.45) is 0 Å². The minimum Gasteiger partial charge on any atom is -0.416 e. The van der Waals surface area contributed by atoms with Crippen molar-refractivity contribution in [3.05, 3.63) is 34.9 Å². The molecule has 0 aliphatic rings. The molecule has 0 aliphatic heterocycles. The van der Waals surface area contributed by atoms with Crippen molar-refractivity contribution in [3.8, 4) is 0 Å². The van der Waals surface area contributed by atoms with Gasteiger partial charge in [-0.25, -0.2) is 4.98 Å². The van der Waals surface area contributed by atoms with Gasteiger partial charge in [0.2, 0.25) is 5.89 Å². The van der Waals surface area contributed by atoms with E-state index in [1.807, 2.05) is 12.1 Å². The van der Waals surface area contributed by atoms with Gasteiger partial charge in [0.05, 0.1) is 0 Å². The highest BCUT2D eigenvalue weighted by Gasteiger charge is 2.03. The zero-order chi connectivity index (χ0) is 10.7. The molecule has 0 aromatic carbocycles. The number of halogens is 1. The minimum atomic E-state index is 0.495. The summed E-state index contributed by atoms with van der Waals surface area (Å²) in [6.45, 7) is 1.76. The molecule has 0 bridgehead atoms. The highest BCUT2D eigenvalue weighted by Crippen LogP contribution is 2.21. The average Bonchev–Trinajstić information content (AvgIpc) is 2.62. The molecule has 0 N–H and O–H groups in total. The summed E-state index contributed by atoms with van der Waals surface area (Å²) in [7, 11) is 0. The van der Waals surface area contributed by atoms with Crippen molar-refractivity contribution in [3.63, 3.8) is 0 Å². The normalized spacial score (nSPS) is 10.5. The van der Waals surface area contributed by atoms with E-state index in [-0.39, 0.29) is 0 Å². The lowest BCUT2D eigenvalue weighted by Crippen LogP contribution is -1.82. The topological polar surface area (TPSA) is 51.8 Å². The molecule has 2 aromatic rings. The van der Waals surface area contributed by atoms with Crippen LogP contribution in [0.15, 0.2) is 28.0 Å². The van der Waals surface area contributed by atoms with Crippen LogP contribution in [0.2, 0.25) is 5.15 Å². The van der Waals surface area contributed by atoms with E-state index in [0.29, 0.717) is 16.3 Å². The first-order chi connectivity index (χ1) is 7.24. The molecule has 2 aromatic heterocycles. The van der Waals surface area contributed by atoms with Gasteiger partial charge in [-0.05, 0) is 17.7 Å². The summed E-state index contributed by atoms with van der Waals surface area (Å²) in [6.07, 6.45) is 1.68. The first kappa shape index (κ1) is 10.4. The van der Waals surface area contributed by atoms with Crippen molar-refractivity contribution in [2.45, 2.75) is 17.9 Å². The number of nitrogens with zero attached hydrogens (tertiary/aromatic N) is 3. The Balaban J connectivity index is 1.99. The number of aryl methyl sites for hydroxylation is 1. The van der Waals surface area contributed by atoms with Crippen LogP contribution in [-0.4, -0.2) is 15.2 Å². The summed E-state index contributed by atoms with van der Waals surface area (Å²) in [6, 6.07) is 3.72. The zero-order valence-corrected chi connectivity index (χ0v) is 9.55. The molecular formula is C9H8ClN3OS. The number of thioether (sulfide) groups is 1. The molecule has 2 heterocycles. The summed E-state index contributed by atoms with van der Waals surface area (Å²) in [5.41, 5.74) is 1.08. The van der Waals surface area contributed by atoms with Crippen molar-refractivity contribution in [2.75, 3.05) is 0 Å². The third kappa shape index (κ3) is 2.94. The Bertz CT molecular complexity index is 460. The second kappa shape index (κ2) is 4.63. The molecular weight excluding hydrogens is 234 g/mol. The molecule has 15 heavy (non-hydrogen) atoms. The Morgan fingerprint density at radius 3 is 3.00 bits per heavy atom. The number of aromatic nitrogens is 3. The second-order valence-corrected chi connectivity index (χ2v) is 4.18.